The highest BCUT2D eigenvalue weighted by Gasteiger charge is 2.45. The van der Waals surface area contributed by atoms with Crippen molar-refractivity contribution in [2.75, 3.05) is 26.2 Å². The lowest BCUT2D eigenvalue weighted by Crippen LogP contribution is -2.62. The van der Waals surface area contributed by atoms with Gasteiger partial charge in [0.25, 0.3) is 5.91 Å². The molecule has 2 bridgehead atoms. The Balaban J connectivity index is 1.36. The molecule has 6 rings (SSSR count). The van der Waals surface area contributed by atoms with Gasteiger partial charge >= 0.3 is 0 Å². The van der Waals surface area contributed by atoms with Crippen LogP contribution in [-0.4, -0.2) is 94.0 Å². The first-order valence-electron chi connectivity index (χ1n) is 16.4. The SMILES string of the molecule is Cc1nccn1CC(=O)N1CCC2(CC1)Oc1ccc(cc1)OCCNC(=O)[C@H](C)NC(=O)[C@H](Cc1ccccc1)NC(=O)[C@H](C)NC2=O. The summed E-state index contributed by atoms with van der Waals surface area (Å²) in [5, 5.41) is 11.0. The van der Waals surface area contributed by atoms with Crippen LogP contribution in [0.2, 0.25) is 0 Å². The van der Waals surface area contributed by atoms with E-state index in [4.69, 9.17) is 9.47 Å². The number of piperidine rings is 1. The molecule has 1 aromatic heterocycles. The predicted molar refractivity (Wildman–Crippen MR) is 178 cm³/mol. The summed E-state index contributed by atoms with van der Waals surface area (Å²) >= 11 is 0. The van der Waals surface area contributed by atoms with Gasteiger partial charge in [-0.3, -0.25) is 24.0 Å². The molecule has 3 aromatic rings. The van der Waals surface area contributed by atoms with Crippen LogP contribution >= 0.6 is 0 Å². The average Bonchev–Trinajstić information content (AvgIpc) is 3.50. The van der Waals surface area contributed by atoms with E-state index in [-0.39, 0.29) is 58.0 Å². The van der Waals surface area contributed by atoms with Gasteiger partial charge in [-0.1, -0.05) is 30.3 Å². The maximum absolute atomic E-state index is 14.0. The van der Waals surface area contributed by atoms with Gasteiger partial charge in [-0.25, -0.2) is 4.98 Å². The number of hydrogen-bond acceptors (Lipinski definition) is 8. The number of carbonyl (C=O) groups is 5. The van der Waals surface area contributed by atoms with Crippen LogP contribution < -0.4 is 30.7 Å². The molecular formula is C35H43N7O7. The van der Waals surface area contributed by atoms with Crippen LogP contribution in [0.15, 0.2) is 67.0 Å². The molecule has 4 N–H and O–H groups in total. The van der Waals surface area contributed by atoms with E-state index in [1.54, 1.807) is 53.0 Å². The van der Waals surface area contributed by atoms with Crippen molar-refractivity contribution in [2.45, 2.75) is 70.3 Å². The van der Waals surface area contributed by atoms with E-state index >= 15 is 0 Å². The minimum absolute atomic E-state index is 0.106. The topological polar surface area (TPSA) is 173 Å². The zero-order valence-electron chi connectivity index (χ0n) is 27.9. The van der Waals surface area contributed by atoms with Crippen molar-refractivity contribution in [3.63, 3.8) is 0 Å². The van der Waals surface area contributed by atoms with E-state index in [9.17, 15) is 24.0 Å². The molecule has 14 nitrogen and oxygen atoms in total. The van der Waals surface area contributed by atoms with Gasteiger partial charge in [0.05, 0.1) is 6.54 Å². The molecule has 3 atom stereocenters. The number of likely N-dealkylation sites (tertiary alicyclic amines) is 1. The summed E-state index contributed by atoms with van der Waals surface area (Å²) in [7, 11) is 0. The first kappa shape index (κ1) is 34.9. The van der Waals surface area contributed by atoms with Crippen LogP contribution in [0, 0.1) is 6.92 Å². The standard InChI is InChI=1S/C35H43N7O7/c1-23-31(44)37-16-20-48-27-9-11-28(12-10-27)49-35(13-17-41(18-14-35)30(43)22-42-19-15-36-25(42)3)34(47)39-24(2)32(45)40-29(33(46)38-23)21-26-7-5-4-6-8-26/h4-12,15,19,23-24,29H,13-14,16-18,20-22H2,1-3H3,(H,37,44)(H,38,46)(H,39,47)(H,40,45)/t23-,24-,29-/m0/s1. The number of aromatic nitrogens is 2. The Hall–Kier alpha value is -5.40. The monoisotopic (exact) mass is 673 g/mol. The quantitative estimate of drug-likeness (QED) is 0.296. The van der Waals surface area contributed by atoms with Crippen LogP contribution in [0.25, 0.3) is 0 Å². The molecule has 0 unspecified atom stereocenters. The van der Waals surface area contributed by atoms with Crippen LogP contribution in [0.5, 0.6) is 11.5 Å². The van der Waals surface area contributed by atoms with Crippen molar-refractivity contribution in [1.29, 1.82) is 0 Å². The zero-order valence-corrected chi connectivity index (χ0v) is 27.9. The molecule has 3 aliphatic heterocycles. The fraction of sp³-hybridized carbons (Fsp3) is 0.429. The number of imidazole rings is 1. The lowest BCUT2D eigenvalue weighted by molar-refractivity contribution is -0.148. The fourth-order valence-corrected chi connectivity index (χ4v) is 5.76. The number of amides is 5. The van der Waals surface area contributed by atoms with Gasteiger partial charge in [0.2, 0.25) is 23.6 Å². The summed E-state index contributed by atoms with van der Waals surface area (Å²) in [5.74, 6) is -0.508. The smallest absolute Gasteiger partial charge is 0.264 e. The molecule has 14 heteroatoms. The van der Waals surface area contributed by atoms with Crippen molar-refractivity contribution in [3.8, 4) is 11.5 Å². The third-order valence-corrected chi connectivity index (χ3v) is 8.78. The van der Waals surface area contributed by atoms with Crippen molar-refractivity contribution in [3.05, 3.63) is 78.4 Å². The van der Waals surface area contributed by atoms with Gasteiger partial charge in [0.15, 0.2) is 5.60 Å². The maximum Gasteiger partial charge on any atom is 0.264 e. The van der Waals surface area contributed by atoms with Crippen LogP contribution in [0.1, 0.15) is 38.1 Å². The molecule has 260 valence electrons. The van der Waals surface area contributed by atoms with Crippen molar-refractivity contribution < 1.29 is 33.4 Å². The first-order chi connectivity index (χ1) is 23.5. The Kier molecular flexibility index (Phi) is 11.2. The van der Waals surface area contributed by atoms with E-state index in [0.29, 0.717) is 11.5 Å². The third-order valence-electron chi connectivity index (χ3n) is 8.78. The minimum Gasteiger partial charge on any atom is -0.492 e. The van der Waals surface area contributed by atoms with E-state index in [2.05, 4.69) is 26.3 Å². The molecule has 1 fully saturated rings. The van der Waals surface area contributed by atoms with Crippen LogP contribution in [-0.2, 0) is 36.9 Å². The van der Waals surface area contributed by atoms with E-state index in [1.165, 1.54) is 6.92 Å². The first-order valence-corrected chi connectivity index (χ1v) is 16.4. The van der Waals surface area contributed by atoms with Crippen LogP contribution in [0.4, 0.5) is 0 Å². The molecule has 5 amide bonds. The molecule has 4 heterocycles. The number of hydrogen-bond donors (Lipinski definition) is 4. The number of carbonyl (C=O) groups excluding carboxylic acids is 5. The molecule has 3 aliphatic rings. The molecule has 0 radical (unpaired) electrons. The zero-order chi connectivity index (χ0) is 35.0. The molecule has 1 spiro atoms. The summed E-state index contributed by atoms with van der Waals surface area (Å²) in [6.45, 7) is 5.91. The summed E-state index contributed by atoms with van der Waals surface area (Å²) < 4.78 is 13.9. The van der Waals surface area contributed by atoms with Crippen molar-refractivity contribution in [1.82, 2.24) is 35.7 Å². The lowest BCUT2D eigenvalue weighted by Gasteiger charge is -2.41. The highest BCUT2D eigenvalue weighted by molar-refractivity contribution is 5.95. The minimum atomic E-state index is -1.39. The second kappa shape index (κ2) is 15.7. The number of ether oxygens (including phenoxy) is 2. The van der Waals surface area contributed by atoms with Gasteiger partial charge in [-0.2, -0.15) is 0 Å². The van der Waals surface area contributed by atoms with Gasteiger partial charge in [0, 0.05) is 44.7 Å². The van der Waals surface area contributed by atoms with Gasteiger partial charge in [0.1, 0.15) is 48.6 Å². The van der Waals surface area contributed by atoms with Crippen molar-refractivity contribution >= 4 is 29.5 Å². The highest BCUT2D eigenvalue weighted by atomic mass is 16.5. The second-order valence-electron chi connectivity index (χ2n) is 12.4. The van der Waals surface area contributed by atoms with Gasteiger partial charge < -0.3 is 40.2 Å². The fourth-order valence-electron chi connectivity index (χ4n) is 5.76. The summed E-state index contributed by atoms with van der Waals surface area (Å²) in [5.41, 5.74) is -0.592. The van der Waals surface area contributed by atoms with Gasteiger partial charge in [-0.05, 0) is 50.6 Å². The number of benzene rings is 2. The third kappa shape index (κ3) is 8.95. The highest BCUT2D eigenvalue weighted by Crippen LogP contribution is 2.31. The number of fused-ring (bicyclic) bond motifs is 15. The number of rotatable bonds is 4. The molecule has 2 aromatic carbocycles. The Labute approximate surface area is 284 Å². The van der Waals surface area contributed by atoms with Crippen LogP contribution in [0.3, 0.4) is 0 Å². The average molecular weight is 674 g/mol. The molecule has 0 saturated carbocycles. The van der Waals surface area contributed by atoms with E-state index in [1.807, 2.05) is 37.3 Å². The summed E-state index contributed by atoms with van der Waals surface area (Å²) in [4.78, 5) is 72.7. The summed E-state index contributed by atoms with van der Waals surface area (Å²) in [6, 6.07) is 12.9. The Bertz CT molecular complexity index is 1640. The normalized spacial score (nSPS) is 22.2. The van der Waals surface area contributed by atoms with E-state index in [0.717, 1.165) is 11.4 Å². The Morgan fingerprint density at radius 3 is 2.22 bits per heavy atom. The molecule has 0 aliphatic carbocycles. The molecule has 1 saturated heterocycles. The van der Waals surface area contributed by atoms with Gasteiger partial charge in [-0.15, -0.1) is 0 Å². The predicted octanol–water partition coefficient (Wildman–Crippen LogP) is 0.877. The van der Waals surface area contributed by atoms with E-state index < -0.39 is 47.4 Å². The maximum atomic E-state index is 14.0. The summed E-state index contributed by atoms with van der Waals surface area (Å²) in [6.07, 6.45) is 3.90. The number of nitrogens with one attached hydrogen (secondary N) is 4. The van der Waals surface area contributed by atoms with Crippen molar-refractivity contribution in [2.24, 2.45) is 0 Å². The Morgan fingerprint density at radius 2 is 1.55 bits per heavy atom. The molecular weight excluding hydrogens is 630 g/mol. The largest absolute Gasteiger partial charge is 0.492 e. The second-order valence-corrected chi connectivity index (χ2v) is 12.4. The molecule has 49 heavy (non-hydrogen) atoms. The number of aryl methyl sites for hydroxylation is 1. The Morgan fingerprint density at radius 1 is 0.878 bits per heavy atom. The number of nitrogens with zero attached hydrogens (tertiary/aromatic N) is 3. The lowest BCUT2D eigenvalue weighted by atomic mass is 9.89.